The third-order valence-corrected chi connectivity index (χ3v) is 3.44. The Labute approximate surface area is 117 Å². The van der Waals surface area contributed by atoms with Crippen molar-refractivity contribution in [2.45, 2.75) is 6.42 Å². The molecule has 4 nitrogen and oxygen atoms in total. The minimum atomic E-state index is 0.0324. The van der Waals surface area contributed by atoms with E-state index in [0.29, 0.717) is 44.0 Å². The monoisotopic (exact) mass is 280 g/mol. The zero-order valence-electron chi connectivity index (χ0n) is 10.7. The van der Waals surface area contributed by atoms with Crippen LogP contribution in [-0.2, 0) is 4.79 Å². The summed E-state index contributed by atoms with van der Waals surface area (Å²) in [6, 6.07) is 9.22. The number of carbonyl (C=O) groups is 2. The maximum Gasteiger partial charge on any atom is 0.253 e. The van der Waals surface area contributed by atoms with E-state index in [2.05, 4.69) is 0 Å². The second-order valence-corrected chi connectivity index (χ2v) is 4.86. The molecule has 1 fully saturated rings. The van der Waals surface area contributed by atoms with Crippen LogP contribution in [-0.4, -0.2) is 53.7 Å². The van der Waals surface area contributed by atoms with E-state index in [1.54, 1.807) is 9.80 Å². The molecule has 2 rings (SSSR count). The fraction of sp³-hybridized carbons (Fsp3) is 0.429. The highest BCUT2D eigenvalue weighted by atomic mass is 35.5. The zero-order chi connectivity index (χ0) is 13.7. The van der Waals surface area contributed by atoms with Crippen molar-refractivity contribution in [1.82, 2.24) is 9.80 Å². The van der Waals surface area contributed by atoms with Gasteiger partial charge in [-0.1, -0.05) is 18.2 Å². The molecule has 0 spiro atoms. The number of hydrogen-bond donors (Lipinski definition) is 0. The largest absolute Gasteiger partial charge is 0.339 e. The highest BCUT2D eigenvalue weighted by molar-refractivity contribution is 6.18. The highest BCUT2D eigenvalue weighted by Gasteiger charge is 2.24. The topological polar surface area (TPSA) is 40.6 Å². The molecule has 1 aromatic carbocycles. The van der Waals surface area contributed by atoms with Crippen LogP contribution < -0.4 is 0 Å². The maximum absolute atomic E-state index is 12.2. The molecule has 1 aliphatic heterocycles. The van der Waals surface area contributed by atoms with Crippen LogP contribution in [0.2, 0.25) is 0 Å². The summed E-state index contributed by atoms with van der Waals surface area (Å²) in [4.78, 5) is 27.5. The zero-order valence-corrected chi connectivity index (χ0v) is 11.5. The van der Waals surface area contributed by atoms with E-state index in [4.69, 9.17) is 11.6 Å². The number of carbonyl (C=O) groups excluding carboxylic acids is 2. The van der Waals surface area contributed by atoms with Crippen molar-refractivity contribution < 1.29 is 9.59 Å². The third-order valence-electron chi connectivity index (χ3n) is 3.25. The summed E-state index contributed by atoms with van der Waals surface area (Å²) < 4.78 is 0. The Kier molecular flexibility index (Phi) is 4.80. The second kappa shape index (κ2) is 6.57. The van der Waals surface area contributed by atoms with Crippen LogP contribution in [0.1, 0.15) is 16.8 Å². The number of hydrogen-bond acceptors (Lipinski definition) is 2. The van der Waals surface area contributed by atoms with Gasteiger partial charge in [0.1, 0.15) is 0 Å². The number of alkyl halides is 1. The molecule has 0 atom stereocenters. The van der Waals surface area contributed by atoms with E-state index in [1.807, 2.05) is 30.3 Å². The predicted molar refractivity (Wildman–Crippen MR) is 74.3 cm³/mol. The first kappa shape index (κ1) is 13.9. The molecule has 1 aromatic rings. The summed E-state index contributed by atoms with van der Waals surface area (Å²) >= 11 is 5.56. The van der Waals surface area contributed by atoms with E-state index in [-0.39, 0.29) is 11.8 Å². The minimum absolute atomic E-state index is 0.0324. The van der Waals surface area contributed by atoms with E-state index in [9.17, 15) is 9.59 Å². The summed E-state index contributed by atoms with van der Waals surface area (Å²) in [5.41, 5.74) is 0.697. The van der Waals surface area contributed by atoms with Gasteiger partial charge in [0.15, 0.2) is 0 Å². The SMILES string of the molecule is O=C(CCCl)N1CCN(C(=O)c2ccccc2)CC1. The average Bonchev–Trinajstić information content (AvgIpc) is 2.48. The molecule has 5 heteroatoms. The molecular formula is C14H17ClN2O2. The molecule has 1 saturated heterocycles. The lowest BCUT2D eigenvalue weighted by molar-refractivity contribution is -0.132. The van der Waals surface area contributed by atoms with E-state index in [0.717, 1.165) is 0 Å². The number of benzene rings is 1. The van der Waals surface area contributed by atoms with Crippen molar-refractivity contribution in [2.75, 3.05) is 32.1 Å². The Morgan fingerprint density at radius 2 is 1.58 bits per heavy atom. The van der Waals surface area contributed by atoms with Crippen LogP contribution in [0, 0.1) is 0 Å². The van der Waals surface area contributed by atoms with Gasteiger partial charge in [-0.05, 0) is 12.1 Å². The van der Waals surface area contributed by atoms with Gasteiger partial charge in [-0.15, -0.1) is 11.6 Å². The van der Waals surface area contributed by atoms with Crippen molar-refractivity contribution in [3.8, 4) is 0 Å². The summed E-state index contributed by atoms with van der Waals surface area (Å²) in [5.74, 6) is 0.453. The Bertz CT molecular complexity index is 442. The molecule has 0 bridgehead atoms. The molecule has 0 unspecified atom stereocenters. The van der Waals surface area contributed by atoms with Crippen LogP contribution in [0.3, 0.4) is 0 Å². The number of rotatable bonds is 3. The number of piperazine rings is 1. The van der Waals surface area contributed by atoms with E-state index in [1.165, 1.54) is 0 Å². The Morgan fingerprint density at radius 3 is 2.16 bits per heavy atom. The van der Waals surface area contributed by atoms with Crippen LogP contribution in [0.4, 0.5) is 0 Å². The van der Waals surface area contributed by atoms with Crippen LogP contribution in [0.25, 0.3) is 0 Å². The van der Waals surface area contributed by atoms with Gasteiger partial charge in [-0.25, -0.2) is 0 Å². The van der Waals surface area contributed by atoms with Crippen molar-refractivity contribution in [3.63, 3.8) is 0 Å². The van der Waals surface area contributed by atoms with Crippen molar-refractivity contribution in [1.29, 1.82) is 0 Å². The van der Waals surface area contributed by atoms with Crippen molar-refractivity contribution in [2.24, 2.45) is 0 Å². The number of nitrogens with zero attached hydrogens (tertiary/aromatic N) is 2. The molecule has 1 heterocycles. The van der Waals surface area contributed by atoms with Gasteiger partial charge < -0.3 is 9.80 Å². The molecular weight excluding hydrogens is 264 g/mol. The summed E-state index contributed by atoms with van der Waals surface area (Å²) in [7, 11) is 0. The van der Waals surface area contributed by atoms with Gasteiger partial charge in [0.2, 0.25) is 5.91 Å². The Balaban J connectivity index is 1.90. The quantitative estimate of drug-likeness (QED) is 0.789. The first-order valence-corrected chi connectivity index (χ1v) is 6.94. The summed E-state index contributed by atoms with van der Waals surface area (Å²) in [6.45, 7) is 2.35. The van der Waals surface area contributed by atoms with Gasteiger partial charge in [0, 0.05) is 44.0 Å². The van der Waals surface area contributed by atoms with Gasteiger partial charge in [-0.3, -0.25) is 9.59 Å². The van der Waals surface area contributed by atoms with Gasteiger partial charge >= 0.3 is 0 Å². The van der Waals surface area contributed by atoms with Crippen molar-refractivity contribution >= 4 is 23.4 Å². The molecule has 19 heavy (non-hydrogen) atoms. The number of halogens is 1. The molecule has 0 radical (unpaired) electrons. The first-order chi connectivity index (χ1) is 9.22. The summed E-state index contributed by atoms with van der Waals surface area (Å²) in [6.07, 6.45) is 0.369. The van der Waals surface area contributed by atoms with Crippen LogP contribution in [0.15, 0.2) is 30.3 Å². The lowest BCUT2D eigenvalue weighted by Gasteiger charge is -2.34. The first-order valence-electron chi connectivity index (χ1n) is 6.40. The molecule has 0 N–H and O–H groups in total. The van der Waals surface area contributed by atoms with Gasteiger partial charge in [0.05, 0.1) is 0 Å². The van der Waals surface area contributed by atoms with E-state index >= 15 is 0 Å². The van der Waals surface area contributed by atoms with Gasteiger partial charge in [-0.2, -0.15) is 0 Å². The Hall–Kier alpha value is -1.55. The van der Waals surface area contributed by atoms with Crippen LogP contribution in [0.5, 0.6) is 0 Å². The lowest BCUT2D eigenvalue weighted by Crippen LogP contribution is -2.50. The lowest BCUT2D eigenvalue weighted by atomic mass is 10.2. The highest BCUT2D eigenvalue weighted by Crippen LogP contribution is 2.09. The smallest absolute Gasteiger partial charge is 0.253 e. The Morgan fingerprint density at radius 1 is 1.00 bits per heavy atom. The summed E-state index contributed by atoms with van der Waals surface area (Å²) in [5, 5.41) is 0. The number of amides is 2. The van der Waals surface area contributed by atoms with Crippen molar-refractivity contribution in [3.05, 3.63) is 35.9 Å². The van der Waals surface area contributed by atoms with Gasteiger partial charge in [0.25, 0.3) is 5.91 Å². The molecule has 0 aromatic heterocycles. The van der Waals surface area contributed by atoms with Crippen LogP contribution >= 0.6 is 11.6 Å². The maximum atomic E-state index is 12.2. The fourth-order valence-corrected chi connectivity index (χ4v) is 2.32. The fourth-order valence-electron chi connectivity index (χ4n) is 2.16. The average molecular weight is 281 g/mol. The second-order valence-electron chi connectivity index (χ2n) is 4.48. The molecule has 2 amide bonds. The normalized spacial score (nSPS) is 15.4. The standard InChI is InChI=1S/C14H17ClN2O2/c15-7-6-13(18)16-8-10-17(11-9-16)14(19)12-4-2-1-3-5-12/h1-5H,6-11H2. The molecule has 0 saturated carbocycles. The predicted octanol–water partition coefficient (Wildman–Crippen LogP) is 1.60. The third kappa shape index (κ3) is 3.47. The molecule has 0 aliphatic carbocycles. The molecule has 102 valence electrons. The van der Waals surface area contributed by atoms with E-state index < -0.39 is 0 Å². The molecule has 1 aliphatic rings. The minimum Gasteiger partial charge on any atom is -0.339 e.